The second kappa shape index (κ2) is 6.62. The molecule has 1 amide bonds. The quantitative estimate of drug-likeness (QED) is 0.767. The number of rotatable bonds is 5. The first-order valence-corrected chi connectivity index (χ1v) is 5.19. The van der Waals surface area contributed by atoms with Gasteiger partial charge in [-0.2, -0.15) is 0 Å². The van der Waals surface area contributed by atoms with Crippen molar-refractivity contribution in [2.75, 3.05) is 13.1 Å². The summed E-state index contributed by atoms with van der Waals surface area (Å²) in [5.74, 6) is 0. The predicted molar refractivity (Wildman–Crippen MR) is 57.7 cm³/mol. The summed E-state index contributed by atoms with van der Waals surface area (Å²) in [5.41, 5.74) is -0.552. The molecule has 16 heavy (non-hydrogen) atoms. The molecule has 0 rings (SSSR count). The van der Waals surface area contributed by atoms with Gasteiger partial charge in [-0.1, -0.05) is 0 Å². The van der Waals surface area contributed by atoms with Crippen LogP contribution in [-0.4, -0.2) is 37.3 Å². The Labute approximate surface area is 94.7 Å². The first-order valence-electron chi connectivity index (χ1n) is 5.19. The lowest BCUT2D eigenvalue weighted by Crippen LogP contribution is -2.42. The fourth-order valence-corrected chi connectivity index (χ4v) is 0.913. The van der Waals surface area contributed by atoms with E-state index in [1.165, 1.54) is 0 Å². The van der Waals surface area contributed by atoms with Crippen molar-refractivity contribution in [3.8, 4) is 0 Å². The highest BCUT2D eigenvalue weighted by Gasteiger charge is 2.16. The number of alkyl halides is 2. The zero-order valence-corrected chi connectivity index (χ0v) is 10.1. The zero-order chi connectivity index (χ0) is 12.8. The topological polar surface area (TPSA) is 50.4 Å². The van der Waals surface area contributed by atoms with Crippen LogP contribution in [0.1, 0.15) is 27.7 Å². The number of ether oxygens (including phenoxy) is 1. The average molecular weight is 238 g/mol. The summed E-state index contributed by atoms with van der Waals surface area (Å²) in [5, 5.41) is 5.07. The Bertz CT molecular complexity index is 217. The lowest BCUT2D eigenvalue weighted by atomic mass is 10.2. The van der Waals surface area contributed by atoms with Gasteiger partial charge in [-0.05, 0) is 27.7 Å². The Morgan fingerprint density at radius 3 is 2.31 bits per heavy atom. The summed E-state index contributed by atoms with van der Waals surface area (Å²) in [7, 11) is 0. The van der Waals surface area contributed by atoms with Gasteiger partial charge in [0.15, 0.2) is 0 Å². The first kappa shape index (κ1) is 15.1. The molecule has 0 fully saturated rings. The minimum atomic E-state index is -2.39. The van der Waals surface area contributed by atoms with E-state index in [0.717, 1.165) is 0 Å². The molecule has 0 aliphatic rings. The Hall–Kier alpha value is -0.910. The van der Waals surface area contributed by atoms with Gasteiger partial charge in [0.1, 0.15) is 5.60 Å². The van der Waals surface area contributed by atoms with Crippen molar-refractivity contribution < 1.29 is 18.3 Å². The van der Waals surface area contributed by atoms with Gasteiger partial charge in [0.05, 0.1) is 6.54 Å². The summed E-state index contributed by atoms with van der Waals surface area (Å²) >= 11 is 0. The van der Waals surface area contributed by atoms with Crippen LogP contribution >= 0.6 is 0 Å². The van der Waals surface area contributed by atoms with E-state index in [0.29, 0.717) is 0 Å². The summed E-state index contributed by atoms with van der Waals surface area (Å²) in [6.07, 6.45) is -2.93. The minimum absolute atomic E-state index is 0.221. The third kappa shape index (κ3) is 9.64. The number of nitrogens with one attached hydrogen (secondary N) is 2. The summed E-state index contributed by atoms with van der Waals surface area (Å²) in [6, 6.07) is -0.221. The average Bonchev–Trinajstić information content (AvgIpc) is 2.08. The maximum absolute atomic E-state index is 11.8. The lowest BCUT2D eigenvalue weighted by molar-refractivity contribution is 0.0522. The Balaban J connectivity index is 3.67. The zero-order valence-electron chi connectivity index (χ0n) is 10.1. The van der Waals surface area contributed by atoms with Crippen molar-refractivity contribution in [1.82, 2.24) is 10.6 Å². The molecule has 0 saturated carbocycles. The monoisotopic (exact) mass is 238 g/mol. The minimum Gasteiger partial charge on any atom is -0.444 e. The smallest absolute Gasteiger partial charge is 0.407 e. The molecule has 0 spiro atoms. The molecule has 96 valence electrons. The van der Waals surface area contributed by atoms with Gasteiger partial charge in [0.25, 0.3) is 6.43 Å². The molecule has 4 nitrogen and oxygen atoms in total. The largest absolute Gasteiger partial charge is 0.444 e. The number of alkyl carbamates (subject to hydrolysis) is 1. The molecule has 0 saturated heterocycles. The molecule has 0 aliphatic heterocycles. The molecule has 1 atom stereocenters. The lowest BCUT2D eigenvalue weighted by Gasteiger charge is -2.21. The summed E-state index contributed by atoms with van der Waals surface area (Å²) in [6.45, 7) is 6.85. The van der Waals surface area contributed by atoms with Crippen LogP contribution in [0.2, 0.25) is 0 Å². The van der Waals surface area contributed by atoms with Crippen molar-refractivity contribution in [1.29, 1.82) is 0 Å². The predicted octanol–water partition coefficient (Wildman–Crippen LogP) is 1.75. The molecule has 1 unspecified atom stereocenters. The van der Waals surface area contributed by atoms with E-state index in [9.17, 15) is 13.6 Å². The van der Waals surface area contributed by atoms with Gasteiger partial charge in [-0.15, -0.1) is 0 Å². The molecule has 0 aliphatic carbocycles. The third-order valence-corrected chi connectivity index (χ3v) is 1.57. The van der Waals surface area contributed by atoms with E-state index in [1.807, 2.05) is 0 Å². The van der Waals surface area contributed by atoms with Crippen molar-refractivity contribution >= 4 is 6.09 Å². The number of halogens is 2. The van der Waals surface area contributed by atoms with Crippen LogP contribution in [-0.2, 0) is 4.74 Å². The van der Waals surface area contributed by atoms with Gasteiger partial charge < -0.3 is 15.4 Å². The molecule has 2 N–H and O–H groups in total. The molecule has 0 bridgehead atoms. The molecular formula is C10H20F2N2O2. The highest BCUT2D eigenvalue weighted by molar-refractivity contribution is 5.67. The fourth-order valence-electron chi connectivity index (χ4n) is 0.913. The Kier molecular flexibility index (Phi) is 6.25. The van der Waals surface area contributed by atoms with Crippen molar-refractivity contribution in [2.45, 2.75) is 45.8 Å². The highest BCUT2D eigenvalue weighted by Crippen LogP contribution is 2.06. The second-order valence-electron chi connectivity index (χ2n) is 4.58. The Morgan fingerprint density at radius 1 is 1.31 bits per heavy atom. The highest BCUT2D eigenvalue weighted by atomic mass is 19.3. The van der Waals surface area contributed by atoms with Crippen LogP contribution < -0.4 is 10.6 Å². The number of amides is 1. The Morgan fingerprint density at radius 2 is 1.88 bits per heavy atom. The number of hydrogen-bond acceptors (Lipinski definition) is 3. The maximum atomic E-state index is 11.8. The third-order valence-electron chi connectivity index (χ3n) is 1.57. The van der Waals surface area contributed by atoms with Gasteiger partial charge in [0.2, 0.25) is 0 Å². The van der Waals surface area contributed by atoms with Crippen LogP contribution in [0.3, 0.4) is 0 Å². The van der Waals surface area contributed by atoms with Gasteiger partial charge >= 0.3 is 6.09 Å². The maximum Gasteiger partial charge on any atom is 0.407 e. The first-order chi connectivity index (χ1) is 7.20. The van der Waals surface area contributed by atoms with Crippen LogP contribution in [0.15, 0.2) is 0 Å². The van der Waals surface area contributed by atoms with E-state index in [2.05, 4.69) is 10.6 Å². The van der Waals surface area contributed by atoms with Crippen molar-refractivity contribution in [2.24, 2.45) is 0 Å². The molecule has 0 aromatic heterocycles. The SMILES string of the molecule is CC(CNC(=O)OC(C)(C)C)NCC(F)F. The van der Waals surface area contributed by atoms with E-state index in [1.54, 1.807) is 27.7 Å². The van der Waals surface area contributed by atoms with E-state index < -0.39 is 18.1 Å². The van der Waals surface area contributed by atoms with Crippen molar-refractivity contribution in [3.63, 3.8) is 0 Å². The van der Waals surface area contributed by atoms with E-state index in [4.69, 9.17) is 4.74 Å². The van der Waals surface area contributed by atoms with E-state index >= 15 is 0 Å². The fraction of sp³-hybridized carbons (Fsp3) is 0.900. The number of hydrogen-bond donors (Lipinski definition) is 2. The van der Waals surface area contributed by atoms with E-state index in [-0.39, 0.29) is 19.1 Å². The van der Waals surface area contributed by atoms with Gasteiger partial charge in [-0.3, -0.25) is 0 Å². The van der Waals surface area contributed by atoms with Gasteiger partial charge in [0, 0.05) is 12.6 Å². The summed E-state index contributed by atoms with van der Waals surface area (Å²) < 4.78 is 28.7. The van der Waals surface area contributed by atoms with Gasteiger partial charge in [-0.25, -0.2) is 13.6 Å². The van der Waals surface area contributed by atoms with Crippen LogP contribution in [0.25, 0.3) is 0 Å². The second-order valence-corrected chi connectivity index (χ2v) is 4.58. The molecule has 0 radical (unpaired) electrons. The molecule has 0 aromatic carbocycles. The van der Waals surface area contributed by atoms with Crippen LogP contribution in [0.4, 0.5) is 13.6 Å². The normalized spacial score (nSPS) is 13.7. The van der Waals surface area contributed by atoms with Crippen LogP contribution in [0.5, 0.6) is 0 Å². The number of carbonyl (C=O) groups is 1. The van der Waals surface area contributed by atoms with Crippen LogP contribution in [0, 0.1) is 0 Å². The molecule has 0 aromatic rings. The molecular weight excluding hydrogens is 218 g/mol. The molecule has 6 heteroatoms. The summed E-state index contributed by atoms with van der Waals surface area (Å²) in [4.78, 5) is 11.2. The number of carbonyl (C=O) groups excluding carboxylic acids is 1. The standard InChI is InChI=1S/C10H20F2N2O2/c1-7(13-6-8(11)12)5-14-9(15)16-10(2,3)4/h7-8,13H,5-6H2,1-4H3,(H,14,15). The molecule has 0 heterocycles. The van der Waals surface area contributed by atoms with Crippen molar-refractivity contribution in [3.05, 3.63) is 0 Å².